The van der Waals surface area contributed by atoms with Gasteiger partial charge in [0.15, 0.2) is 0 Å². The molecule has 6 heteroatoms. The number of ether oxygens (including phenoxy) is 1. The first-order chi connectivity index (χ1) is 9.10. The zero-order chi connectivity index (χ0) is 13.8. The lowest BCUT2D eigenvalue weighted by molar-refractivity contribution is -0.115. The largest absolute Gasteiger partial charge is 0.465 e. The van der Waals surface area contributed by atoms with Gasteiger partial charge in [0.25, 0.3) is 0 Å². The molecule has 1 aliphatic rings. The van der Waals surface area contributed by atoms with Crippen LogP contribution in [-0.4, -0.2) is 31.6 Å². The van der Waals surface area contributed by atoms with Crippen LogP contribution in [0.4, 0.5) is 5.69 Å². The van der Waals surface area contributed by atoms with Crippen LogP contribution in [-0.2, 0) is 9.53 Å². The van der Waals surface area contributed by atoms with E-state index >= 15 is 0 Å². The number of carbonyl (C=O) groups is 2. The molecule has 0 aliphatic heterocycles. The highest BCUT2D eigenvalue weighted by atomic mass is 35.5. The molecule has 1 aliphatic carbocycles. The van der Waals surface area contributed by atoms with Crippen LogP contribution in [0.5, 0.6) is 0 Å². The average Bonchev–Trinajstić information content (AvgIpc) is 3.22. The molecule has 0 aromatic heterocycles. The monoisotopic (exact) mass is 282 g/mol. The van der Waals surface area contributed by atoms with Crippen molar-refractivity contribution >= 4 is 29.2 Å². The number of benzene rings is 1. The Labute approximate surface area is 116 Å². The maximum absolute atomic E-state index is 11.7. The van der Waals surface area contributed by atoms with Crippen molar-refractivity contribution in [3.63, 3.8) is 0 Å². The normalized spacial score (nSPS) is 14.0. The van der Waals surface area contributed by atoms with Crippen LogP contribution in [0.1, 0.15) is 23.2 Å². The Hall–Kier alpha value is -1.59. The molecule has 0 heterocycles. The fraction of sp³-hybridized carbons (Fsp3) is 0.385. The van der Waals surface area contributed by atoms with E-state index in [1.54, 1.807) is 12.1 Å². The first-order valence-electron chi connectivity index (χ1n) is 6.01. The molecule has 2 rings (SSSR count). The van der Waals surface area contributed by atoms with E-state index in [2.05, 4.69) is 15.4 Å². The summed E-state index contributed by atoms with van der Waals surface area (Å²) < 4.78 is 4.62. The number of amides is 1. The van der Waals surface area contributed by atoms with E-state index in [0.717, 1.165) is 12.8 Å². The molecule has 0 saturated heterocycles. The van der Waals surface area contributed by atoms with E-state index in [4.69, 9.17) is 11.6 Å². The van der Waals surface area contributed by atoms with Gasteiger partial charge in [-0.1, -0.05) is 11.6 Å². The van der Waals surface area contributed by atoms with Gasteiger partial charge in [0.2, 0.25) is 5.91 Å². The second kappa shape index (κ2) is 6.04. The van der Waals surface area contributed by atoms with Crippen LogP contribution in [0.3, 0.4) is 0 Å². The van der Waals surface area contributed by atoms with Gasteiger partial charge < -0.3 is 15.4 Å². The molecular formula is C13H15ClN2O3. The highest BCUT2D eigenvalue weighted by Crippen LogP contribution is 2.21. The summed E-state index contributed by atoms with van der Waals surface area (Å²) in [6.07, 6.45) is 2.25. The molecule has 1 fully saturated rings. The maximum atomic E-state index is 11.7. The molecule has 1 aromatic rings. The van der Waals surface area contributed by atoms with E-state index in [-0.39, 0.29) is 18.0 Å². The zero-order valence-corrected chi connectivity index (χ0v) is 11.3. The van der Waals surface area contributed by atoms with E-state index in [1.165, 1.54) is 13.2 Å². The fourth-order valence-corrected chi connectivity index (χ4v) is 1.79. The fourth-order valence-electron chi connectivity index (χ4n) is 1.60. The summed E-state index contributed by atoms with van der Waals surface area (Å²) in [7, 11) is 1.28. The average molecular weight is 283 g/mol. The van der Waals surface area contributed by atoms with Crippen LogP contribution in [0.2, 0.25) is 5.02 Å². The lowest BCUT2D eigenvalue weighted by Crippen LogP contribution is -2.29. The van der Waals surface area contributed by atoms with E-state index in [0.29, 0.717) is 16.8 Å². The molecular weight excluding hydrogens is 268 g/mol. The number of esters is 1. The van der Waals surface area contributed by atoms with Crippen LogP contribution in [0, 0.1) is 0 Å². The zero-order valence-electron chi connectivity index (χ0n) is 10.5. The smallest absolute Gasteiger partial charge is 0.339 e. The number of hydrogen-bond donors (Lipinski definition) is 2. The minimum Gasteiger partial charge on any atom is -0.465 e. The van der Waals surface area contributed by atoms with Crippen molar-refractivity contribution in [2.24, 2.45) is 0 Å². The third-order valence-corrected chi connectivity index (χ3v) is 3.11. The third-order valence-electron chi connectivity index (χ3n) is 2.78. The topological polar surface area (TPSA) is 67.4 Å². The van der Waals surface area contributed by atoms with Crippen molar-refractivity contribution in [3.8, 4) is 0 Å². The van der Waals surface area contributed by atoms with Gasteiger partial charge in [-0.3, -0.25) is 4.79 Å². The highest BCUT2D eigenvalue weighted by Gasteiger charge is 2.21. The number of carbonyl (C=O) groups excluding carboxylic acids is 2. The van der Waals surface area contributed by atoms with Crippen LogP contribution >= 0.6 is 11.6 Å². The Kier molecular flexibility index (Phi) is 4.39. The molecule has 0 atom stereocenters. The Morgan fingerprint density at radius 1 is 1.42 bits per heavy atom. The molecule has 2 N–H and O–H groups in total. The Morgan fingerprint density at radius 2 is 2.16 bits per heavy atom. The number of rotatable bonds is 5. The van der Waals surface area contributed by atoms with Crippen LogP contribution < -0.4 is 10.6 Å². The number of hydrogen-bond acceptors (Lipinski definition) is 4. The molecule has 1 aromatic carbocycles. The lowest BCUT2D eigenvalue weighted by Gasteiger charge is -2.08. The summed E-state index contributed by atoms with van der Waals surface area (Å²) in [5.74, 6) is -0.678. The van der Waals surface area contributed by atoms with Gasteiger partial charge in [0.05, 0.1) is 24.2 Å². The van der Waals surface area contributed by atoms with Gasteiger partial charge in [-0.2, -0.15) is 0 Å². The van der Waals surface area contributed by atoms with E-state index < -0.39 is 5.97 Å². The van der Waals surface area contributed by atoms with Crippen molar-refractivity contribution in [1.29, 1.82) is 0 Å². The number of halogens is 1. The molecule has 0 spiro atoms. The van der Waals surface area contributed by atoms with Crippen molar-refractivity contribution in [1.82, 2.24) is 5.32 Å². The number of nitrogens with one attached hydrogen (secondary N) is 2. The molecule has 0 bridgehead atoms. The standard InChI is InChI=1S/C13H15ClN2O3/c1-19-13(18)10-6-9(4-5-11(10)14)16-12(17)7-15-8-2-3-8/h4-6,8,15H,2-3,7H2,1H3,(H,16,17). The highest BCUT2D eigenvalue weighted by molar-refractivity contribution is 6.33. The minimum atomic E-state index is -0.530. The van der Waals surface area contributed by atoms with Crippen molar-refractivity contribution in [3.05, 3.63) is 28.8 Å². The van der Waals surface area contributed by atoms with Gasteiger partial charge in [0, 0.05) is 11.7 Å². The molecule has 1 saturated carbocycles. The second-order valence-electron chi connectivity index (χ2n) is 4.39. The van der Waals surface area contributed by atoms with Gasteiger partial charge in [-0.25, -0.2) is 4.79 Å². The Morgan fingerprint density at radius 3 is 2.79 bits per heavy atom. The molecule has 5 nitrogen and oxygen atoms in total. The summed E-state index contributed by atoms with van der Waals surface area (Å²) >= 11 is 5.89. The third kappa shape index (κ3) is 3.94. The lowest BCUT2D eigenvalue weighted by atomic mass is 10.2. The number of methoxy groups -OCH3 is 1. The van der Waals surface area contributed by atoms with Crippen molar-refractivity contribution < 1.29 is 14.3 Å². The van der Waals surface area contributed by atoms with Gasteiger partial charge in [0.1, 0.15) is 0 Å². The second-order valence-corrected chi connectivity index (χ2v) is 4.80. The maximum Gasteiger partial charge on any atom is 0.339 e. The Bertz CT molecular complexity index is 501. The summed E-state index contributed by atoms with van der Waals surface area (Å²) in [5, 5.41) is 6.10. The van der Waals surface area contributed by atoms with Crippen molar-refractivity contribution in [2.75, 3.05) is 19.0 Å². The van der Waals surface area contributed by atoms with E-state index in [9.17, 15) is 9.59 Å². The van der Waals surface area contributed by atoms with Crippen LogP contribution in [0.15, 0.2) is 18.2 Å². The first-order valence-corrected chi connectivity index (χ1v) is 6.39. The SMILES string of the molecule is COC(=O)c1cc(NC(=O)CNC2CC2)ccc1Cl. The molecule has 1 amide bonds. The predicted octanol–water partition coefficient (Wildman–Crippen LogP) is 1.82. The molecule has 0 unspecified atom stereocenters. The molecule has 0 radical (unpaired) electrons. The van der Waals surface area contributed by atoms with Gasteiger partial charge >= 0.3 is 5.97 Å². The summed E-state index contributed by atoms with van der Waals surface area (Å²) in [6.45, 7) is 0.265. The van der Waals surface area contributed by atoms with Gasteiger partial charge in [-0.15, -0.1) is 0 Å². The molecule has 19 heavy (non-hydrogen) atoms. The van der Waals surface area contributed by atoms with Gasteiger partial charge in [-0.05, 0) is 31.0 Å². The first kappa shape index (κ1) is 13.8. The Balaban J connectivity index is 1.99. The molecule has 102 valence electrons. The predicted molar refractivity (Wildman–Crippen MR) is 72.4 cm³/mol. The summed E-state index contributed by atoms with van der Waals surface area (Å²) in [6, 6.07) is 5.17. The minimum absolute atomic E-state index is 0.148. The summed E-state index contributed by atoms with van der Waals surface area (Å²) in [5.41, 5.74) is 0.754. The van der Waals surface area contributed by atoms with Crippen molar-refractivity contribution in [2.45, 2.75) is 18.9 Å². The van der Waals surface area contributed by atoms with E-state index in [1.807, 2.05) is 0 Å². The number of anilines is 1. The summed E-state index contributed by atoms with van der Waals surface area (Å²) in [4.78, 5) is 23.1. The quantitative estimate of drug-likeness (QED) is 0.809. The van der Waals surface area contributed by atoms with Crippen LogP contribution in [0.25, 0.3) is 0 Å².